The lowest BCUT2D eigenvalue weighted by Crippen LogP contribution is -2.30. The molecule has 0 bridgehead atoms. The number of aromatic amines is 1. The molecule has 2 aromatic carbocycles. The Kier molecular flexibility index (Phi) is 9.01. The zero-order valence-electron chi connectivity index (χ0n) is 23.1. The summed E-state index contributed by atoms with van der Waals surface area (Å²) < 4.78 is 6.06. The van der Waals surface area contributed by atoms with Crippen molar-refractivity contribution in [2.75, 3.05) is 18.2 Å². The van der Waals surface area contributed by atoms with Gasteiger partial charge in [-0.15, -0.1) is 5.10 Å². The molecule has 222 valence electrons. The fraction of sp³-hybridized carbons (Fsp3) is 0.103. The van der Waals surface area contributed by atoms with E-state index < -0.39 is 23.6 Å². The average molecular weight is 613 g/mol. The number of tetrazole rings is 1. The molecule has 3 aromatic heterocycles. The van der Waals surface area contributed by atoms with Crippen molar-refractivity contribution in [3.63, 3.8) is 0 Å². The predicted octanol–water partition coefficient (Wildman–Crippen LogP) is 3.33. The maximum atomic E-state index is 13.2. The third-order valence-electron chi connectivity index (χ3n) is 6.41. The smallest absolute Gasteiger partial charge is 0.411 e. The van der Waals surface area contributed by atoms with Gasteiger partial charge in [0, 0.05) is 28.5 Å². The number of methoxy groups -OCH3 is 1. The van der Waals surface area contributed by atoms with Crippen molar-refractivity contribution >= 4 is 41.2 Å². The monoisotopic (exact) mass is 612 g/mol. The minimum atomic E-state index is -0.674. The number of pyridine rings is 1. The average Bonchev–Trinajstić information content (AvgIpc) is 3.56. The molecule has 44 heavy (non-hydrogen) atoms. The molecule has 1 atom stereocenters. The number of nitrogens with zero attached hydrogens (tertiary/aromatic N) is 6. The fourth-order valence-electron chi connectivity index (χ4n) is 4.26. The van der Waals surface area contributed by atoms with Crippen molar-refractivity contribution in [1.29, 1.82) is 0 Å². The molecule has 0 fully saturated rings. The maximum Gasteiger partial charge on any atom is 0.411 e. The standard InChI is InChI=1S/C29H25ClN10O4/c1-44-29(43)34-21-7-3-18(4-8-21)22-14-24(36-37-28(22)42)23(12-17-2-10-26(31)32-15-17)35-27(41)11-5-19-13-20(30)6-9-25(19)40-16-33-38-39-40/h2-11,13-16,23H,12H2,1H3,(H2,31,32)(H,34,43)(H,35,41)(H,37,42)/t23-/m0/s1. The van der Waals surface area contributed by atoms with Gasteiger partial charge >= 0.3 is 6.09 Å². The molecule has 5 rings (SSSR count). The van der Waals surface area contributed by atoms with Gasteiger partial charge in [-0.1, -0.05) is 29.8 Å². The lowest BCUT2D eigenvalue weighted by Gasteiger charge is -2.18. The molecule has 0 unspecified atom stereocenters. The Morgan fingerprint density at radius 2 is 1.95 bits per heavy atom. The van der Waals surface area contributed by atoms with E-state index in [0.717, 1.165) is 5.56 Å². The number of carbonyl (C=O) groups is 2. The van der Waals surface area contributed by atoms with Gasteiger partial charge in [0.1, 0.15) is 12.1 Å². The van der Waals surface area contributed by atoms with Crippen LogP contribution in [0.25, 0.3) is 22.9 Å². The van der Waals surface area contributed by atoms with Crippen LogP contribution in [0.5, 0.6) is 0 Å². The Morgan fingerprint density at radius 3 is 2.66 bits per heavy atom. The zero-order chi connectivity index (χ0) is 31.1. The molecular weight excluding hydrogens is 588 g/mol. The highest BCUT2D eigenvalue weighted by Gasteiger charge is 2.19. The number of hydrogen-bond donors (Lipinski definition) is 4. The van der Waals surface area contributed by atoms with E-state index in [9.17, 15) is 14.4 Å². The van der Waals surface area contributed by atoms with Gasteiger partial charge in [-0.05, 0) is 76.5 Å². The normalized spacial score (nSPS) is 11.7. The van der Waals surface area contributed by atoms with Crippen LogP contribution in [0.3, 0.4) is 0 Å². The summed E-state index contributed by atoms with van der Waals surface area (Å²) in [6, 6.07) is 16.1. The Bertz CT molecular complexity index is 1860. The van der Waals surface area contributed by atoms with Gasteiger partial charge in [0.15, 0.2) is 0 Å². The van der Waals surface area contributed by atoms with E-state index >= 15 is 0 Å². The number of nitrogens with two attached hydrogens (primary N) is 1. The summed E-state index contributed by atoms with van der Waals surface area (Å²) in [5, 5.41) is 24.0. The molecular formula is C29H25ClN10O4. The van der Waals surface area contributed by atoms with E-state index in [-0.39, 0.29) is 0 Å². The molecule has 0 aliphatic heterocycles. The molecule has 3 heterocycles. The summed E-state index contributed by atoms with van der Waals surface area (Å²) >= 11 is 6.20. The van der Waals surface area contributed by atoms with Crippen molar-refractivity contribution in [1.82, 2.24) is 40.7 Å². The minimum Gasteiger partial charge on any atom is -0.453 e. The maximum absolute atomic E-state index is 13.2. The summed E-state index contributed by atoms with van der Waals surface area (Å²) in [6.07, 6.45) is 5.66. The van der Waals surface area contributed by atoms with Crippen LogP contribution in [-0.2, 0) is 16.0 Å². The number of nitrogens with one attached hydrogen (secondary N) is 3. The Balaban J connectivity index is 1.43. The van der Waals surface area contributed by atoms with Crippen LogP contribution in [0, 0.1) is 0 Å². The van der Waals surface area contributed by atoms with Crippen LogP contribution in [0.15, 0.2) is 84.1 Å². The molecule has 0 radical (unpaired) electrons. The first-order chi connectivity index (χ1) is 21.3. The molecule has 5 N–H and O–H groups in total. The Morgan fingerprint density at radius 1 is 1.14 bits per heavy atom. The van der Waals surface area contributed by atoms with E-state index in [4.69, 9.17) is 17.3 Å². The summed E-state index contributed by atoms with van der Waals surface area (Å²) in [6.45, 7) is 0. The number of hydrogen-bond acceptors (Lipinski definition) is 10. The largest absolute Gasteiger partial charge is 0.453 e. The van der Waals surface area contributed by atoms with E-state index in [1.165, 1.54) is 24.2 Å². The summed E-state index contributed by atoms with van der Waals surface area (Å²) in [5.74, 6) is -0.0828. The van der Waals surface area contributed by atoms with Crippen LogP contribution in [-0.4, -0.2) is 54.5 Å². The number of nitrogen functional groups attached to an aromatic ring is 1. The number of halogens is 1. The molecule has 0 spiro atoms. The van der Waals surface area contributed by atoms with Crippen molar-refractivity contribution in [2.45, 2.75) is 12.5 Å². The van der Waals surface area contributed by atoms with Gasteiger partial charge in [0.25, 0.3) is 5.56 Å². The highest BCUT2D eigenvalue weighted by atomic mass is 35.5. The molecule has 2 amide bonds. The van der Waals surface area contributed by atoms with Crippen molar-refractivity contribution < 1.29 is 14.3 Å². The molecule has 0 saturated heterocycles. The van der Waals surface area contributed by atoms with E-state index in [1.54, 1.807) is 72.9 Å². The fourth-order valence-corrected chi connectivity index (χ4v) is 4.44. The lowest BCUT2D eigenvalue weighted by atomic mass is 10.0. The van der Waals surface area contributed by atoms with Gasteiger partial charge in [-0.25, -0.2) is 14.9 Å². The second kappa shape index (κ2) is 13.4. The third-order valence-corrected chi connectivity index (χ3v) is 6.65. The van der Waals surface area contributed by atoms with E-state index in [2.05, 4.69) is 46.1 Å². The van der Waals surface area contributed by atoms with Crippen LogP contribution in [0.2, 0.25) is 5.02 Å². The lowest BCUT2D eigenvalue weighted by molar-refractivity contribution is -0.117. The van der Waals surface area contributed by atoms with E-state index in [0.29, 0.717) is 51.0 Å². The first-order valence-electron chi connectivity index (χ1n) is 13.1. The minimum absolute atomic E-state index is 0.292. The number of carbonyl (C=O) groups excluding carboxylic acids is 2. The number of amides is 2. The highest BCUT2D eigenvalue weighted by molar-refractivity contribution is 6.30. The topological polar surface area (TPSA) is 196 Å². The number of rotatable bonds is 9. The molecule has 0 aliphatic rings. The van der Waals surface area contributed by atoms with Crippen molar-refractivity contribution in [2.24, 2.45) is 0 Å². The van der Waals surface area contributed by atoms with Gasteiger partial charge in [0.2, 0.25) is 5.91 Å². The second-order valence-electron chi connectivity index (χ2n) is 9.38. The van der Waals surface area contributed by atoms with Crippen molar-refractivity contribution in [3.05, 3.63) is 111 Å². The molecule has 14 nitrogen and oxygen atoms in total. The van der Waals surface area contributed by atoms with Gasteiger partial charge in [-0.3, -0.25) is 14.9 Å². The Hall–Kier alpha value is -5.89. The molecule has 5 aromatic rings. The number of H-pyrrole nitrogens is 1. The molecule has 15 heteroatoms. The summed E-state index contributed by atoms with van der Waals surface area (Å²) in [4.78, 5) is 41.7. The Labute approximate surface area is 254 Å². The third kappa shape index (κ3) is 7.30. The first-order valence-corrected chi connectivity index (χ1v) is 13.4. The number of benzene rings is 2. The number of aromatic nitrogens is 7. The molecule has 0 aliphatic carbocycles. The van der Waals surface area contributed by atoms with Crippen LogP contribution in [0.1, 0.15) is 22.9 Å². The molecule has 0 saturated carbocycles. The zero-order valence-corrected chi connectivity index (χ0v) is 23.9. The van der Waals surface area contributed by atoms with E-state index in [1.807, 2.05) is 0 Å². The number of anilines is 2. The SMILES string of the molecule is COC(=O)Nc1ccc(-c2cc([C@H](Cc3ccc(N)nc3)NC(=O)C=Cc3cc(Cl)ccc3-n3cnnn3)n[nH]c2=O)cc1. The summed E-state index contributed by atoms with van der Waals surface area (Å²) in [5.41, 5.74) is 9.09. The van der Waals surface area contributed by atoms with Gasteiger partial charge in [0.05, 0.1) is 30.1 Å². The van der Waals surface area contributed by atoms with Crippen LogP contribution >= 0.6 is 11.6 Å². The quantitative estimate of drug-likeness (QED) is 0.179. The highest BCUT2D eigenvalue weighted by Crippen LogP contribution is 2.24. The van der Waals surface area contributed by atoms with Crippen LogP contribution in [0.4, 0.5) is 16.3 Å². The summed E-state index contributed by atoms with van der Waals surface area (Å²) in [7, 11) is 1.26. The first kappa shape index (κ1) is 29.6. The van der Waals surface area contributed by atoms with Gasteiger partial charge < -0.3 is 15.8 Å². The van der Waals surface area contributed by atoms with Crippen molar-refractivity contribution in [3.8, 4) is 16.8 Å². The van der Waals surface area contributed by atoms with Gasteiger partial charge in [-0.2, -0.15) is 9.78 Å². The second-order valence-corrected chi connectivity index (χ2v) is 9.81. The number of ether oxygens (including phenoxy) is 1. The van der Waals surface area contributed by atoms with Crippen LogP contribution < -0.4 is 21.9 Å². The predicted molar refractivity (Wildman–Crippen MR) is 163 cm³/mol.